The van der Waals surface area contributed by atoms with Crippen LogP contribution in [0.4, 0.5) is 0 Å². The van der Waals surface area contributed by atoms with Crippen molar-refractivity contribution in [1.82, 2.24) is 10.2 Å². The number of carboxylic acids is 1. The van der Waals surface area contributed by atoms with E-state index in [0.717, 1.165) is 25.8 Å². The van der Waals surface area contributed by atoms with Crippen LogP contribution in [0.15, 0.2) is 0 Å². The Hall–Kier alpha value is -1.10. The first kappa shape index (κ1) is 16.0. The number of amides is 1. The second-order valence-electron chi connectivity index (χ2n) is 5.77. The Morgan fingerprint density at radius 1 is 1.32 bits per heavy atom. The lowest BCUT2D eigenvalue weighted by atomic mass is 9.99. The van der Waals surface area contributed by atoms with Gasteiger partial charge in [-0.3, -0.25) is 14.5 Å². The van der Waals surface area contributed by atoms with Crippen LogP contribution in [0.25, 0.3) is 0 Å². The van der Waals surface area contributed by atoms with Crippen LogP contribution in [0.1, 0.15) is 46.0 Å². The summed E-state index contributed by atoms with van der Waals surface area (Å²) in [7, 11) is 0. The minimum absolute atomic E-state index is 0.182. The van der Waals surface area contributed by atoms with E-state index in [-0.39, 0.29) is 12.5 Å². The van der Waals surface area contributed by atoms with E-state index in [1.54, 1.807) is 0 Å². The van der Waals surface area contributed by atoms with E-state index < -0.39 is 5.97 Å². The summed E-state index contributed by atoms with van der Waals surface area (Å²) in [5.74, 6) is -0.561. The SMILES string of the molecule is CC(C)CC1CCCCCN1CC(=O)NCC(=O)O. The van der Waals surface area contributed by atoms with E-state index in [0.29, 0.717) is 18.5 Å². The van der Waals surface area contributed by atoms with Gasteiger partial charge in [0.05, 0.1) is 6.54 Å². The third kappa shape index (κ3) is 6.57. The largest absolute Gasteiger partial charge is 0.480 e. The lowest BCUT2D eigenvalue weighted by Gasteiger charge is -2.30. The van der Waals surface area contributed by atoms with E-state index in [1.165, 1.54) is 12.8 Å². The third-order valence-corrected chi connectivity index (χ3v) is 3.53. The minimum atomic E-state index is -0.997. The third-order valence-electron chi connectivity index (χ3n) is 3.53. The summed E-state index contributed by atoms with van der Waals surface area (Å²) in [4.78, 5) is 24.4. The molecule has 0 saturated carbocycles. The zero-order valence-electron chi connectivity index (χ0n) is 12.0. The van der Waals surface area contributed by atoms with Crippen molar-refractivity contribution in [2.24, 2.45) is 5.92 Å². The Balaban J connectivity index is 2.49. The lowest BCUT2D eigenvalue weighted by molar-refractivity contribution is -0.138. The highest BCUT2D eigenvalue weighted by Gasteiger charge is 2.23. The maximum atomic E-state index is 11.7. The Labute approximate surface area is 115 Å². The number of rotatable bonds is 6. The van der Waals surface area contributed by atoms with E-state index in [9.17, 15) is 9.59 Å². The van der Waals surface area contributed by atoms with Crippen molar-refractivity contribution in [2.45, 2.75) is 52.0 Å². The number of nitrogens with zero attached hydrogens (tertiary/aromatic N) is 1. The van der Waals surface area contributed by atoms with Crippen molar-refractivity contribution in [3.63, 3.8) is 0 Å². The van der Waals surface area contributed by atoms with E-state index in [4.69, 9.17) is 5.11 Å². The molecule has 110 valence electrons. The number of carbonyl (C=O) groups is 2. The van der Waals surface area contributed by atoms with Gasteiger partial charge in [0, 0.05) is 6.04 Å². The molecule has 1 unspecified atom stereocenters. The Bertz CT molecular complexity index is 305. The average Bonchev–Trinajstić information content (AvgIpc) is 2.52. The molecule has 0 spiro atoms. The standard InChI is InChI=1S/C14H26N2O3/c1-11(2)8-12-6-4-3-5-7-16(12)10-13(17)15-9-14(18)19/h11-12H,3-10H2,1-2H3,(H,15,17)(H,18,19). The Morgan fingerprint density at radius 3 is 2.68 bits per heavy atom. The van der Waals surface area contributed by atoms with Crippen LogP contribution >= 0.6 is 0 Å². The second kappa shape index (κ2) is 8.15. The number of likely N-dealkylation sites (tertiary alicyclic amines) is 1. The molecule has 19 heavy (non-hydrogen) atoms. The van der Waals surface area contributed by atoms with Crippen molar-refractivity contribution < 1.29 is 14.7 Å². The molecule has 1 rings (SSSR count). The van der Waals surface area contributed by atoms with Gasteiger partial charge >= 0.3 is 5.97 Å². The van der Waals surface area contributed by atoms with Gasteiger partial charge in [-0.15, -0.1) is 0 Å². The molecule has 0 aliphatic carbocycles. The van der Waals surface area contributed by atoms with Gasteiger partial charge in [-0.1, -0.05) is 26.7 Å². The topological polar surface area (TPSA) is 69.6 Å². The fraction of sp³-hybridized carbons (Fsp3) is 0.857. The van der Waals surface area contributed by atoms with Crippen LogP contribution in [0.2, 0.25) is 0 Å². The van der Waals surface area contributed by atoms with Crippen molar-refractivity contribution in [2.75, 3.05) is 19.6 Å². The smallest absolute Gasteiger partial charge is 0.322 e. The predicted molar refractivity (Wildman–Crippen MR) is 73.9 cm³/mol. The molecule has 5 nitrogen and oxygen atoms in total. The second-order valence-corrected chi connectivity index (χ2v) is 5.77. The normalized spacial score (nSPS) is 21.1. The predicted octanol–water partition coefficient (Wildman–Crippen LogP) is 1.48. The summed E-state index contributed by atoms with van der Waals surface area (Å²) < 4.78 is 0. The van der Waals surface area contributed by atoms with E-state index >= 15 is 0 Å². The van der Waals surface area contributed by atoms with Gasteiger partial charge in [0.25, 0.3) is 0 Å². The molecule has 1 saturated heterocycles. The first-order chi connectivity index (χ1) is 8.99. The van der Waals surface area contributed by atoms with Crippen molar-refractivity contribution in [1.29, 1.82) is 0 Å². The zero-order chi connectivity index (χ0) is 14.3. The maximum Gasteiger partial charge on any atom is 0.322 e. The Kier molecular flexibility index (Phi) is 6.84. The summed E-state index contributed by atoms with van der Waals surface area (Å²) in [6, 6.07) is 0.457. The number of aliphatic carboxylic acids is 1. The number of carbonyl (C=O) groups excluding carboxylic acids is 1. The quantitative estimate of drug-likeness (QED) is 0.767. The fourth-order valence-electron chi connectivity index (χ4n) is 2.67. The van der Waals surface area contributed by atoms with Crippen molar-refractivity contribution in [3.8, 4) is 0 Å². The van der Waals surface area contributed by atoms with Gasteiger partial charge in [-0.25, -0.2) is 0 Å². The summed E-state index contributed by atoms with van der Waals surface area (Å²) in [6.45, 7) is 5.38. The van der Waals surface area contributed by atoms with Gasteiger partial charge in [0.15, 0.2) is 0 Å². The molecule has 0 radical (unpaired) electrons. The summed E-state index contributed by atoms with van der Waals surface area (Å²) in [5, 5.41) is 11.0. The molecule has 1 heterocycles. The summed E-state index contributed by atoms with van der Waals surface area (Å²) >= 11 is 0. The summed E-state index contributed by atoms with van der Waals surface area (Å²) in [5.41, 5.74) is 0. The highest BCUT2D eigenvalue weighted by molar-refractivity contribution is 5.82. The van der Waals surface area contributed by atoms with Gasteiger partial charge in [-0.2, -0.15) is 0 Å². The minimum Gasteiger partial charge on any atom is -0.480 e. The molecule has 0 aromatic carbocycles. The molecular formula is C14H26N2O3. The van der Waals surface area contributed by atoms with Crippen LogP contribution < -0.4 is 5.32 Å². The lowest BCUT2D eigenvalue weighted by Crippen LogP contribution is -2.44. The van der Waals surface area contributed by atoms with Crippen LogP contribution in [0.5, 0.6) is 0 Å². The molecule has 1 atom stereocenters. The van der Waals surface area contributed by atoms with E-state index in [1.807, 2.05) is 0 Å². The van der Waals surface area contributed by atoms with Gasteiger partial charge in [0.2, 0.25) is 5.91 Å². The highest BCUT2D eigenvalue weighted by Crippen LogP contribution is 2.21. The van der Waals surface area contributed by atoms with Crippen molar-refractivity contribution >= 4 is 11.9 Å². The first-order valence-corrected chi connectivity index (χ1v) is 7.21. The highest BCUT2D eigenvalue weighted by atomic mass is 16.4. The molecule has 1 amide bonds. The number of hydrogen-bond donors (Lipinski definition) is 2. The van der Waals surface area contributed by atoms with Crippen LogP contribution in [-0.4, -0.2) is 47.6 Å². The molecular weight excluding hydrogens is 244 g/mol. The van der Waals surface area contributed by atoms with Gasteiger partial charge in [0.1, 0.15) is 6.54 Å². The molecule has 5 heteroatoms. The molecule has 0 aromatic rings. The van der Waals surface area contributed by atoms with Gasteiger partial charge in [-0.05, 0) is 31.7 Å². The van der Waals surface area contributed by atoms with Crippen LogP contribution in [0, 0.1) is 5.92 Å². The monoisotopic (exact) mass is 270 g/mol. The molecule has 1 aliphatic rings. The Morgan fingerprint density at radius 2 is 2.05 bits per heavy atom. The summed E-state index contributed by atoms with van der Waals surface area (Å²) in [6.07, 6.45) is 5.82. The molecule has 0 aromatic heterocycles. The van der Waals surface area contributed by atoms with Crippen LogP contribution in [0.3, 0.4) is 0 Å². The molecule has 2 N–H and O–H groups in total. The zero-order valence-corrected chi connectivity index (χ0v) is 12.0. The van der Waals surface area contributed by atoms with Gasteiger partial charge < -0.3 is 10.4 Å². The number of carboxylic acid groups (broad SMARTS) is 1. The van der Waals surface area contributed by atoms with Crippen molar-refractivity contribution in [3.05, 3.63) is 0 Å². The number of nitrogens with one attached hydrogen (secondary N) is 1. The number of hydrogen-bond acceptors (Lipinski definition) is 3. The maximum absolute atomic E-state index is 11.7. The molecule has 1 fully saturated rings. The molecule has 1 aliphatic heterocycles. The van der Waals surface area contributed by atoms with Crippen LogP contribution in [-0.2, 0) is 9.59 Å². The first-order valence-electron chi connectivity index (χ1n) is 7.21. The fourth-order valence-corrected chi connectivity index (χ4v) is 2.67. The van der Waals surface area contributed by atoms with E-state index in [2.05, 4.69) is 24.1 Å². The molecule has 0 bridgehead atoms. The average molecular weight is 270 g/mol.